The summed E-state index contributed by atoms with van der Waals surface area (Å²) in [5.74, 6) is -0.819. The molecule has 0 atom stereocenters. The monoisotopic (exact) mass is 502 g/mol. The Hall–Kier alpha value is -4.50. The zero-order valence-corrected chi connectivity index (χ0v) is 19.9. The molecule has 0 amide bonds. The number of ether oxygens (including phenoxy) is 3. The number of esters is 1. The first-order valence-electron chi connectivity index (χ1n) is 11.7. The van der Waals surface area contributed by atoms with E-state index in [1.54, 1.807) is 25.3 Å². The highest BCUT2D eigenvalue weighted by molar-refractivity contribution is 6.01. The van der Waals surface area contributed by atoms with E-state index in [1.807, 2.05) is 30.3 Å². The summed E-state index contributed by atoms with van der Waals surface area (Å²) in [6, 6.07) is 15.3. The third kappa shape index (κ3) is 4.68. The molecule has 2 aromatic heterocycles. The lowest BCUT2D eigenvalue weighted by Gasteiger charge is -2.23. The van der Waals surface area contributed by atoms with Gasteiger partial charge >= 0.3 is 5.97 Å². The van der Waals surface area contributed by atoms with Crippen molar-refractivity contribution in [2.75, 3.05) is 13.2 Å². The second kappa shape index (κ2) is 10.2. The highest BCUT2D eigenvalue weighted by Crippen LogP contribution is 2.39. The molecule has 5 rings (SSSR count). The van der Waals surface area contributed by atoms with Crippen LogP contribution in [-0.4, -0.2) is 33.8 Å². The van der Waals surface area contributed by atoms with E-state index in [0.29, 0.717) is 12.0 Å². The molecule has 0 bridgehead atoms. The summed E-state index contributed by atoms with van der Waals surface area (Å²) < 4.78 is 31.8. The molecule has 0 radical (unpaired) electrons. The average Bonchev–Trinajstić information content (AvgIpc) is 2.92. The van der Waals surface area contributed by atoms with Gasteiger partial charge in [-0.3, -0.25) is 14.3 Å². The van der Waals surface area contributed by atoms with Gasteiger partial charge in [0.2, 0.25) is 0 Å². The van der Waals surface area contributed by atoms with Gasteiger partial charge in [0.25, 0.3) is 5.56 Å². The van der Waals surface area contributed by atoms with E-state index in [0.717, 1.165) is 11.1 Å². The van der Waals surface area contributed by atoms with Crippen LogP contribution in [0, 0.1) is 5.82 Å². The first-order valence-corrected chi connectivity index (χ1v) is 11.7. The van der Waals surface area contributed by atoms with Crippen LogP contribution in [-0.2, 0) is 17.8 Å². The molecular weight excluding hydrogens is 479 g/mol. The molecule has 1 aliphatic rings. The highest BCUT2D eigenvalue weighted by Gasteiger charge is 2.30. The molecule has 0 fully saturated rings. The largest absolute Gasteiger partial charge is 0.485 e. The normalized spacial score (nSPS) is 12.1. The Morgan fingerprint density at radius 3 is 2.57 bits per heavy atom. The Kier molecular flexibility index (Phi) is 6.70. The Morgan fingerprint density at radius 2 is 1.86 bits per heavy atom. The average molecular weight is 502 g/mol. The topological polar surface area (TPSA) is 99.9 Å². The minimum Gasteiger partial charge on any atom is -0.485 e. The van der Waals surface area contributed by atoms with Crippen molar-refractivity contribution in [1.82, 2.24) is 9.55 Å². The molecule has 1 N–H and O–H groups in total. The second-order valence-corrected chi connectivity index (χ2v) is 8.34. The number of rotatable bonds is 8. The van der Waals surface area contributed by atoms with Crippen molar-refractivity contribution in [1.29, 1.82) is 0 Å². The Morgan fingerprint density at radius 1 is 1.11 bits per heavy atom. The van der Waals surface area contributed by atoms with Gasteiger partial charge < -0.3 is 19.3 Å². The van der Waals surface area contributed by atoms with E-state index in [2.05, 4.69) is 4.98 Å². The molecule has 0 spiro atoms. The van der Waals surface area contributed by atoms with E-state index < -0.39 is 18.1 Å². The van der Waals surface area contributed by atoms with Crippen molar-refractivity contribution >= 4 is 23.2 Å². The number of hydrogen-bond acceptors (Lipinski definition) is 7. The summed E-state index contributed by atoms with van der Waals surface area (Å²) >= 11 is 0. The number of pyridine rings is 2. The van der Waals surface area contributed by atoms with Gasteiger partial charge in [0.15, 0.2) is 17.1 Å². The fourth-order valence-corrected chi connectivity index (χ4v) is 4.16. The summed E-state index contributed by atoms with van der Waals surface area (Å²) in [5.41, 5.74) is 1.75. The maximum atomic E-state index is 13.6. The van der Waals surface area contributed by atoms with Gasteiger partial charge in [0.1, 0.15) is 35.8 Å². The number of aromatic nitrogens is 2. The molecule has 0 aliphatic carbocycles. The summed E-state index contributed by atoms with van der Waals surface area (Å²) in [6.07, 6.45) is 3.20. The molecule has 4 aromatic rings. The second-order valence-electron chi connectivity index (χ2n) is 8.34. The number of benzene rings is 2. The number of nitrogens with zero attached hydrogens (tertiary/aromatic N) is 2. The molecule has 8 nitrogen and oxygen atoms in total. The first kappa shape index (κ1) is 24.2. The smallest absolute Gasteiger partial charge is 0.347 e. The van der Waals surface area contributed by atoms with Crippen molar-refractivity contribution < 1.29 is 28.5 Å². The quantitative estimate of drug-likeness (QED) is 0.363. The lowest BCUT2D eigenvalue weighted by Crippen LogP contribution is -2.29. The van der Waals surface area contributed by atoms with Crippen molar-refractivity contribution in [3.63, 3.8) is 0 Å². The molecule has 3 heterocycles. The number of carbonyl (C=O) groups is 1. The molecule has 1 aliphatic heterocycles. The zero-order chi connectivity index (χ0) is 25.9. The van der Waals surface area contributed by atoms with Crippen molar-refractivity contribution in [2.45, 2.75) is 20.0 Å². The molecule has 0 saturated carbocycles. The molecule has 0 unspecified atom stereocenters. The molecule has 9 heteroatoms. The predicted molar refractivity (Wildman–Crippen MR) is 134 cm³/mol. The van der Waals surface area contributed by atoms with Gasteiger partial charge in [-0.05, 0) is 30.2 Å². The minimum absolute atomic E-state index is 0.0161. The van der Waals surface area contributed by atoms with Gasteiger partial charge in [-0.25, -0.2) is 9.18 Å². The van der Waals surface area contributed by atoms with Crippen LogP contribution in [0.4, 0.5) is 4.39 Å². The summed E-state index contributed by atoms with van der Waals surface area (Å²) in [7, 11) is 0. The molecule has 0 saturated heterocycles. The van der Waals surface area contributed by atoms with Crippen molar-refractivity contribution in [3.05, 3.63) is 105 Å². The maximum Gasteiger partial charge on any atom is 0.347 e. The minimum atomic E-state index is -0.842. The molecule has 188 valence electrons. The molecule has 2 aromatic carbocycles. The number of aliphatic hydroxyl groups excluding tert-OH is 1. The van der Waals surface area contributed by atoms with Crippen LogP contribution in [0.25, 0.3) is 17.2 Å². The van der Waals surface area contributed by atoms with E-state index in [9.17, 15) is 19.1 Å². The zero-order valence-electron chi connectivity index (χ0n) is 19.9. The predicted octanol–water partition coefficient (Wildman–Crippen LogP) is 4.07. The van der Waals surface area contributed by atoms with Gasteiger partial charge in [-0.15, -0.1) is 0 Å². The van der Waals surface area contributed by atoms with Crippen molar-refractivity contribution in [3.8, 4) is 11.5 Å². The van der Waals surface area contributed by atoms with E-state index in [4.69, 9.17) is 14.2 Å². The lowest BCUT2D eigenvalue weighted by molar-refractivity contribution is 0.0519. The van der Waals surface area contributed by atoms with Crippen LogP contribution in [0.1, 0.15) is 34.0 Å². The summed E-state index contributed by atoms with van der Waals surface area (Å²) in [6.45, 7) is 1.30. The summed E-state index contributed by atoms with van der Waals surface area (Å²) in [4.78, 5) is 31.1. The Bertz CT molecular complexity index is 1560. The highest BCUT2D eigenvalue weighted by atomic mass is 19.1. The number of hydrogen-bond donors (Lipinski definition) is 1. The summed E-state index contributed by atoms with van der Waals surface area (Å²) in [5, 5.41) is 9.82. The van der Waals surface area contributed by atoms with Gasteiger partial charge in [-0.1, -0.05) is 42.5 Å². The van der Waals surface area contributed by atoms with Gasteiger partial charge in [-0.2, -0.15) is 0 Å². The molecular formula is C28H23FN2O6. The standard InChI is InChI=1S/C28H23FN2O6/c1-2-35-28(34)22-26(36-16-18-6-4-3-5-7-18)23-24-25(37-21(15-32)14-31(24)27(22)33)19(13-30-23)12-17-8-10-20(29)11-9-17/h3-11,13-14,32H,2,12,15-16H2,1H3. The van der Waals surface area contributed by atoms with E-state index in [1.165, 1.54) is 22.9 Å². The van der Waals surface area contributed by atoms with Gasteiger partial charge in [0, 0.05) is 18.2 Å². The van der Waals surface area contributed by atoms with Crippen LogP contribution in [0.3, 0.4) is 0 Å². The van der Waals surface area contributed by atoms with Crippen molar-refractivity contribution in [2.24, 2.45) is 0 Å². The fraction of sp³-hybridized carbons (Fsp3) is 0.179. The Labute approximate surface area is 211 Å². The van der Waals surface area contributed by atoms with E-state index >= 15 is 0 Å². The first-order chi connectivity index (χ1) is 18.0. The number of halogens is 1. The Balaban J connectivity index is 1.72. The third-order valence-electron chi connectivity index (χ3n) is 5.87. The number of aliphatic hydroxyl groups is 1. The molecule has 37 heavy (non-hydrogen) atoms. The van der Waals surface area contributed by atoms with Gasteiger partial charge in [0.05, 0.1) is 12.8 Å². The maximum absolute atomic E-state index is 13.6. The fourth-order valence-electron chi connectivity index (χ4n) is 4.16. The SMILES string of the molecule is CCOC(=O)c1c(OCc2ccccc2)c2ncc(Cc3ccc(F)cc3)c3c2n(c1=O)C=C(CO)O3. The number of carbonyl (C=O) groups excluding carboxylic acids is 1. The lowest BCUT2D eigenvalue weighted by atomic mass is 10.0. The van der Waals surface area contributed by atoms with Crippen LogP contribution >= 0.6 is 0 Å². The van der Waals surface area contributed by atoms with Crippen LogP contribution in [0.2, 0.25) is 0 Å². The van der Waals surface area contributed by atoms with E-state index in [-0.39, 0.29) is 52.9 Å². The third-order valence-corrected chi connectivity index (χ3v) is 5.87. The van der Waals surface area contributed by atoms with Crippen LogP contribution < -0.4 is 15.0 Å². The van der Waals surface area contributed by atoms with Crippen LogP contribution in [0.5, 0.6) is 11.5 Å². The van der Waals surface area contributed by atoms with Crippen LogP contribution in [0.15, 0.2) is 71.3 Å².